The highest BCUT2D eigenvalue weighted by atomic mass is 19.1. The summed E-state index contributed by atoms with van der Waals surface area (Å²) in [6.45, 7) is 2.23. The summed E-state index contributed by atoms with van der Waals surface area (Å²) in [5, 5.41) is 8.13. The third kappa shape index (κ3) is 6.35. The number of amides is 4. The number of ether oxygens (including phenoxy) is 1. The molecule has 0 saturated carbocycles. The van der Waals surface area contributed by atoms with Gasteiger partial charge in [-0.2, -0.15) is 0 Å². The van der Waals surface area contributed by atoms with Gasteiger partial charge in [0.25, 0.3) is 0 Å². The lowest BCUT2D eigenvalue weighted by Crippen LogP contribution is -2.33. The molecule has 36 heavy (non-hydrogen) atoms. The number of hydrogen-bond donors (Lipinski definition) is 3. The molecule has 1 fully saturated rings. The number of pyridine rings is 1. The molecule has 0 bridgehead atoms. The maximum Gasteiger partial charge on any atom is 0.414 e. The summed E-state index contributed by atoms with van der Waals surface area (Å²) in [6.07, 6.45) is 1.23. The smallest absolute Gasteiger partial charge is 0.414 e. The highest BCUT2D eigenvalue weighted by molar-refractivity contribution is 5.91. The largest absolute Gasteiger partial charge is 0.442 e. The van der Waals surface area contributed by atoms with Crippen molar-refractivity contribution >= 4 is 29.4 Å². The Hall–Kier alpha value is -4.47. The molecule has 1 unspecified atom stereocenters. The summed E-state index contributed by atoms with van der Waals surface area (Å²) >= 11 is 0. The first-order valence-corrected chi connectivity index (χ1v) is 11.5. The molecule has 9 nitrogen and oxygen atoms in total. The summed E-state index contributed by atoms with van der Waals surface area (Å²) in [4.78, 5) is 40.9. The molecule has 1 atom stereocenters. The molecule has 3 N–H and O–H groups in total. The van der Waals surface area contributed by atoms with E-state index >= 15 is 0 Å². The first-order valence-electron chi connectivity index (χ1n) is 11.5. The van der Waals surface area contributed by atoms with Crippen LogP contribution >= 0.6 is 0 Å². The second-order valence-corrected chi connectivity index (χ2v) is 8.25. The van der Waals surface area contributed by atoms with Crippen molar-refractivity contribution in [3.05, 3.63) is 78.4 Å². The van der Waals surface area contributed by atoms with Crippen LogP contribution in [0.1, 0.15) is 12.6 Å². The number of urea groups is 1. The molecule has 1 aromatic heterocycles. The molecule has 1 aliphatic heterocycles. The van der Waals surface area contributed by atoms with Gasteiger partial charge in [0, 0.05) is 43.0 Å². The fraction of sp³-hybridized carbons (Fsp3) is 0.231. The van der Waals surface area contributed by atoms with Crippen molar-refractivity contribution in [2.45, 2.75) is 19.4 Å². The first-order chi connectivity index (χ1) is 17.4. The molecular formula is C26H26FN5O4. The number of anilines is 2. The molecule has 2 heterocycles. The zero-order chi connectivity index (χ0) is 25.5. The molecule has 4 rings (SSSR count). The fourth-order valence-electron chi connectivity index (χ4n) is 3.76. The first kappa shape index (κ1) is 24.6. The van der Waals surface area contributed by atoms with Crippen LogP contribution in [0.5, 0.6) is 0 Å². The third-order valence-electron chi connectivity index (χ3n) is 5.56. The Labute approximate surface area is 207 Å². The van der Waals surface area contributed by atoms with Crippen molar-refractivity contribution in [1.29, 1.82) is 0 Å². The number of benzene rings is 2. The predicted octanol–water partition coefficient (Wildman–Crippen LogP) is 3.71. The molecule has 0 aliphatic carbocycles. The summed E-state index contributed by atoms with van der Waals surface area (Å²) in [5.41, 5.74) is 2.80. The van der Waals surface area contributed by atoms with E-state index in [0.29, 0.717) is 35.5 Å². The van der Waals surface area contributed by atoms with Crippen LogP contribution in [0.4, 0.5) is 25.4 Å². The Bertz CT molecular complexity index is 1240. The van der Waals surface area contributed by atoms with E-state index in [1.54, 1.807) is 42.6 Å². The number of aromatic nitrogens is 1. The van der Waals surface area contributed by atoms with Gasteiger partial charge in [-0.25, -0.2) is 14.0 Å². The molecular weight excluding hydrogens is 465 g/mol. The van der Waals surface area contributed by atoms with Crippen molar-refractivity contribution in [1.82, 2.24) is 15.6 Å². The number of cyclic esters (lactones) is 1. The van der Waals surface area contributed by atoms with Crippen LogP contribution in [-0.4, -0.2) is 48.8 Å². The van der Waals surface area contributed by atoms with Crippen LogP contribution in [0, 0.1) is 5.82 Å². The van der Waals surface area contributed by atoms with Gasteiger partial charge in [-0.3, -0.25) is 14.7 Å². The van der Waals surface area contributed by atoms with E-state index in [2.05, 4.69) is 20.9 Å². The second-order valence-electron chi connectivity index (χ2n) is 8.25. The van der Waals surface area contributed by atoms with E-state index in [4.69, 9.17) is 4.74 Å². The van der Waals surface area contributed by atoms with Crippen molar-refractivity contribution in [2.24, 2.45) is 0 Å². The van der Waals surface area contributed by atoms with E-state index < -0.39 is 18.0 Å². The Morgan fingerprint density at radius 3 is 2.61 bits per heavy atom. The molecule has 186 valence electrons. The average Bonchev–Trinajstić information content (AvgIpc) is 3.24. The number of nitrogens with one attached hydrogen (secondary N) is 3. The average molecular weight is 492 g/mol. The summed E-state index contributed by atoms with van der Waals surface area (Å²) in [6, 6.07) is 16.6. The van der Waals surface area contributed by atoms with Gasteiger partial charge in [-0.05, 0) is 48.0 Å². The summed E-state index contributed by atoms with van der Waals surface area (Å²) in [7, 11) is 0. The lowest BCUT2D eigenvalue weighted by molar-refractivity contribution is -0.119. The van der Waals surface area contributed by atoms with E-state index in [1.165, 1.54) is 17.9 Å². The molecule has 3 aromatic rings. The lowest BCUT2D eigenvalue weighted by atomic mass is 10.0. The van der Waals surface area contributed by atoms with Crippen LogP contribution in [-0.2, 0) is 16.0 Å². The minimum absolute atomic E-state index is 0.195. The number of carbonyl (C=O) groups is 3. The van der Waals surface area contributed by atoms with Crippen LogP contribution in [0.15, 0.2) is 66.9 Å². The molecule has 0 radical (unpaired) electrons. The van der Waals surface area contributed by atoms with Gasteiger partial charge in [0.15, 0.2) is 0 Å². The molecule has 0 spiro atoms. The standard InChI is InChI=1S/C26H26FN5O4/c1-17(33)30-15-22-16-32(26(35)36-22)21-9-10-23(24(27)14-21)18-5-7-20(8-6-18)31-25(34)29-13-11-19-4-2-3-12-28-19/h2-10,12,14,22H,11,13,15-16H2,1H3,(H,30,33)(H2,29,31,34). The second kappa shape index (κ2) is 11.3. The minimum Gasteiger partial charge on any atom is -0.442 e. The lowest BCUT2D eigenvalue weighted by Gasteiger charge is -2.15. The SMILES string of the molecule is CC(=O)NCC1CN(c2ccc(-c3ccc(NC(=O)NCCc4ccccn4)cc3)c(F)c2)C(=O)O1. The normalized spacial score (nSPS) is 14.8. The Morgan fingerprint density at radius 2 is 1.92 bits per heavy atom. The van der Waals surface area contributed by atoms with Crippen LogP contribution in [0.3, 0.4) is 0 Å². The van der Waals surface area contributed by atoms with Gasteiger partial charge in [-0.1, -0.05) is 18.2 Å². The fourth-order valence-corrected chi connectivity index (χ4v) is 3.76. The predicted molar refractivity (Wildman–Crippen MR) is 133 cm³/mol. The molecule has 10 heteroatoms. The van der Waals surface area contributed by atoms with Crippen molar-refractivity contribution < 1.29 is 23.5 Å². The maximum absolute atomic E-state index is 14.9. The van der Waals surface area contributed by atoms with Crippen LogP contribution < -0.4 is 20.9 Å². The number of halogens is 1. The monoisotopic (exact) mass is 491 g/mol. The highest BCUT2D eigenvalue weighted by Gasteiger charge is 2.32. The number of hydrogen-bond acceptors (Lipinski definition) is 5. The number of nitrogens with zero attached hydrogens (tertiary/aromatic N) is 2. The molecule has 2 aromatic carbocycles. The zero-order valence-electron chi connectivity index (χ0n) is 19.7. The molecule has 4 amide bonds. The zero-order valence-corrected chi connectivity index (χ0v) is 19.7. The van der Waals surface area contributed by atoms with E-state index in [1.807, 2.05) is 18.2 Å². The van der Waals surface area contributed by atoms with Gasteiger partial charge in [0.1, 0.15) is 11.9 Å². The van der Waals surface area contributed by atoms with Crippen molar-refractivity contribution in [2.75, 3.05) is 29.9 Å². The number of carbonyl (C=O) groups excluding carboxylic acids is 3. The highest BCUT2D eigenvalue weighted by Crippen LogP contribution is 2.29. The quantitative estimate of drug-likeness (QED) is 0.445. The summed E-state index contributed by atoms with van der Waals surface area (Å²) in [5.74, 6) is -0.721. The van der Waals surface area contributed by atoms with E-state index in [-0.39, 0.29) is 25.0 Å². The van der Waals surface area contributed by atoms with Gasteiger partial charge in [0.2, 0.25) is 5.91 Å². The topological polar surface area (TPSA) is 113 Å². The van der Waals surface area contributed by atoms with Crippen LogP contribution in [0.2, 0.25) is 0 Å². The Kier molecular flexibility index (Phi) is 7.74. The maximum atomic E-state index is 14.9. The van der Waals surface area contributed by atoms with Crippen LogP contribution in [0.25, 0.3) is 11.1 Å². The van der Waals surface area contributed by atoms with E-state index in [9.17, 15) is 18.8 Å². The van der Waals surface area contributed by atoms with Gasteiger partial charge >= 0.3 is 12.1 Å². The Balaban J connectivity index is 1.33. The van der Waals surface area contributed by atoms with E-state index in [0.717, 1.165) is 5.69 Å². The Morgan fingerprint density at radius 1 is 1.11 bits per heavy atom. The van der Waals surface area contributed by atoms with Gasteiger partial charge < -0.3 is 20.7 Å². The van der Waals surface area contributed by atoms with Crippen molar-refractivity contribution in [3.63, 3.8) is 0 Å². The minimum atomic E-state index is -0.591. The van der Waals surface area contributed by atoms with Gasteiger partial charge in [-0.15, -0.1) is 0 Å². The van der Waals surface area contributed by atoms with Gasteiger partial charge in [0.05, 0.1) is 18.8 Å². The third-order valence-corrected chi connectivity index (χ3v) is 5.56. The van der Waals surface area contributed by atoms with Crippen molar-refractivity contribution in [3.8, 4) is 11.1 Å². The molecule has 1 aliphatic rings. The number of rotatable bonds is 8. The molecule has 1 saturated heterocycles. The summed E-state index contributed by atoms with van der Waals surface area (Å²) < 4.78 is 20.2.